The van der Waals surface area contributed by atoms with E-state index in [-0.39, 0.29) is 24.4 Å². The van der Waals surface area contributed by atoms with E-state index in [2.05, 4.69) is 0 Å². The monoisotopic (exact) mass is 301 g/mol. The van der Waals surface area contributed by atoms with Crippen LogP contribution in [0.4, 0.5) is 13.2 Å². The molecule has 0 spiro atoms. The lowest BCUT2D eigenvalue weighted by atomic mass is 9.92. The molecule has 1 fully saturated rings. The number of carbonyl (C=O) groups excluding carboxylic acids is 1. The second kappa shape index (κ2) is 5.38. The quantitative estimate of drug-likeness (QED) is 0.934. The number of likely N-dealkylation sites (tertiary alicyclic amines) is 1. The average molecular weight is 301 g/mol. The number of carbonyl (C=O) groups is 2. The summed E-state index contributed by atoms with van der Waals surface area (Å²) in [6.45, 7) is 1.92. The van der Waals surface area contributed by atoms with Gasteiger partial charge in [-0.2, -0.15) is 13.2 Å². The molecule has 21 heavy (non-hydrogen) atoms. The Bertz CT molecular complexity index is 571. The second-order valence-corrected chi connectivity index (χ2v) is 4.90. The number of rotatable bonds is 3. The molecule has 1 aromatic carbocycles. The van der Waals surface area contributed by atoms with Gasteiger partial charge >= 0.3 is 12.1 Å². The van der Waals surface area contributed by atoms with Crippen molar-refractivity contribution in [3.8, 4) is 0 Å². The molecule has 1 heterocycles. The van der Waals surface area contributed by atoms with E-state index in [1.807, 2.05) is 0 Å². The normalized spacial score (nSPS) is 22.7. The summed E-state index contributed by atoms with van der Waals surface area (Å²) < 4.78 is 38.3. The Balaban J connectivity index is 2.46. The molecule has 0 radical (unpaired) electrons. The molecular weight excluding hydrogens is 287 g/mol. The summed E-state index contributed by atoms with van der Waals surface area (Å²) in [7, 11) is 0. The Kier molecular flexibility index (Phi) is 3.93. The van der Waals surface area contributed by atoms with Gasteiger partial charge < -0.3 is 10.0 Å². The Morgan fingerprint density at radius 3 is 2.62 bits per heavy atom. The molecular formula is C14H14F3NO3. The Morgan fingerprint density at radius 2 is 2.10 bits per heavy atom. The molecule has 0 aromatic heterocycles. The number of aliphatic carboxylic acids is 1. The summed E-state index contributed by atoms with van der Waals surface area (Å²) in [6, 6.07) is 3.64. The van der Waals surface area contributed by atoms with Crippen LogP contribution in [0.5, 0.6) is 0 Å². The highest BCUT2D eigenvalue weighted by molar-refractivity contribution is 5.87. The van der Waals surface area contributed by atoms with E-state index in [0.29, 0.717) is 0 Å². The van der Waals surface area contributed by atoms with Crippen LogP contribution in [-0.2, 0) is 15.8 Å². The van der Waals surface area contributed by atoms with E-state index in [0.717, 1.165) is 12.1 Å². The van der Waals surface area contributed by atoms with Crippen LogP contribution in [0.15, 0.2) is 24.3 Å². The SMILES string of the molecule is CCN1C(=O)CC(C(=O)O)C1c1cccc(C(F)(F)F)c1. The summed E-state index contributed by atoms with van der Waals surface area (Å²) in [5.41, 5.74) is -0.649. The van der Waals surface area contributed by atoms with Crippen LogP contribution in [-0.4, -0.2) is 28.4 Å². The van der Waals surface area contributed by atoms with Gasteiger partial charge in [0, 0.05) is 13.0 Å². The molecule has 1 saturated heterocycles. The molecule has 1 aromatic rings. The van der Waals surface area contributed by atoms with E-state index in [4.69, 9.17) is 0 Å². The lowest BCUT2D eigenvalue weighted by Crippen LogP contribution is -2.30. The third-order valence-electron chi connectivity index (χ3n) is 3.65. The van der Waals surface area contributed by atoms with Crippen LogP contribution in [0.2, 0.25) is 0 Å². The van der Waals surface area contributed by atoms with Crippen molar-refractivity contribution in [1.82, 2.24) is 4.90 Å². The van der Waals surface area contributed by atoms with Gasteiger partial charge in [0.25, 0.3) is 0 Å². The predicted octanol–water partition coefficient (Wildman–Crippen LogP) is 2.70. The maximum atomic E-state index is 12.8. The first-order valence-corrected chi connectivity index (χ1v) is 6.45. The van der Waals surface area contributed by atoms with Gasteiger partial charge in [-0.15, -0.1) is 0 Å². The van der Waals surface area contributed by atoms with E-state index >= 15 is 0 Å². The molecule has 1 amide bonds. The zero-order valence-electron chi connectivity index (χ0n) is 11.2. The number of carboxylic acids is 1. The Labute approximate surface area is 119 Å². The topological polar surface area (TPSA) is 57.6 Å². The Morgan fingerprint density at radius 1 is 1.43 bits per heavy atom. The zero-order chi connectivity index (χ0) is 15.8. The number of amides is 1. The van der Waals surface area contributed by atoms with Crippen LogP contribution in [0.25, 0.3) is 0 Å². The van der Waals surface area contributed by atoms with Crippen molar-refractivity contribution in [2.75, 3.05) is 6.54 Å². The average Bonchev–Trinajstić information content (AvgIpc) is 2.75. The smallest absolute Gasteiger partial charge is 0.416 e. The van der Waals surface area contributed by atoms with Crippen LogP contribution >= 0.6 is 0 Å². The lowest BCUT2D eigenvalue weighted by Gasteiger charge is -2.26. The predicted molar refractivity (Wildman–Crippen MR) is 67.3 cm³/mol. The summed E-state index contributed by atoms with van der Waals surface area (Å²) in [4.78, 5) is 24.4. The van der Waals surface area contributed by atoms with Crippen molar-refractivity contribution in [3.05, 3.63) is 35.4 Å². The van der Waals surface area contributed by atoms with Gasteiger partial charge in [0.15, 0.2) is 0 Å². The minimum Gasteiger partial charge on any atom is -0.481 e. The van der Waals surface area contributed by atoms with E-state index in [1.54, 1.807) is 6.92 Å². The number of alkyl halides is 3. The zero-order valence-corrected chi connectivity index (χ0v) is 11.2. The number of benzene rings is 1. The molecule has 2 atom stereocenters. The largest absolute Gasteiger partial charge is 0.481 e. The van der Waals surface area contributed by atoms with Crippen molar-refractivity contribution in [1.29, 1.82) is 0 Å². The summed E-state index contributed by atoms with van der Waals surface area (Å²) in [5.74, 6) is -2.56. The number of hydrogen-bond acceptors (Lipinski definition) is 2. The molecule has 2 rings (SSSR count). The molecule has 7 heteroatoms. The van der Waals surface area contributed by atoms with Crippen molar-refractivity contribution in [2.45, 2.75) is 25.6 Å². The molecule has 1 aliphatic heterocycles. The van der Waals surface area contributed by atoms with Crippen LogP contribution in [0.1, 0.15) is 30.5 Å². The minimum absolute atomic E-state index is 0.190. The maximum Gasteiger partial charge on any atom is 0.416 e. The van der Waals surface area contributed by atoms with Crippen molar-refractivity contribution >= 4 is 11.9 Å². The van der Waals surface area contributed by atoms with E-state index in [9.17, 15) is 27.9 Å². The number of nitrogens with zero attached hydrogens (tertiary/aromatic N) is 1. The molecule has 0 bridgehead atoms. The van der Waals surface area contributed by atoms with Gasteiger partial charge in [-0.3, -0.25) is 9.59 Å². The summed E-state index contributed by atoms with van der Waals surface area (Å²) >= 11 is 0. The van der Waals surface area contributed by atoms with Crippen molar-refractivity contribution in [2.24, 2.45) is 5.92 Å². The first kappa shape index (κ1) is 15.3. The third-order valence-corrected chi connectivity index (χ3v) is 3.65. The first-order chi connectivity index (χ1) is 9.75. The van der Waals surface area contributed by atoms with Gasteiger partial charge in [-0.25, -0.2) is 0 Å². The van der Waals surface area contributed by atoms with Crippen molar-refractivity contribution in [3.63, 3.8) is 0 Å². The summed E-state index contributed by atoms with van der Waals surface area (Å²) in [6.07, 6.45) is -4.70. The van der Waals surface area contributed by atoms with Gasteiger partial charge in [0.2, 0.25) is 5.91 Å². The highest BCUT2D eigenvalue weighted by atomic mass is 19.4. The fraction of sp³-hybridized carbons (Fsp3) is 0.429. The fourth-order valence-corrected chi connectivity index (χ4v) is 2.70. The second-order valence-electron chi connectivity index (χ2n) is 4.90. The van der Waals surface area contributed by atoms with Crippen molar-refractivity contribution < 1.29 is 27.9 Å². The third kappa shape index (κ3) is 2.86. The molecule has 0 aliphatic carbocycles. The summed E-state index contributed by atoms with van der Waals surface area (Å²) in [5, 5.41) is 9.20. The lowest BCUT2D eigenvalue weighted by molar-refractivity contribution is -0.142. The molecule has 2 unspecified atom stereocenters. The van der Waals surface area contributed by atoms with E-state index < -0.39 is 29.7 Å². The number of hydrogen-bond donors (Lipinski definition) is 1. The molecule has 114 valence electrons. The highest BCUT2D eigenvalue weighted by Crippen LogP contribution is 2.40. The highest BCUT2D eigenvalue weighted by Gasteiger charge is 2.44. The van der Waals surface area contributed by atoms with E-state index in [1.165, 1.54) is 17.0 Å². The molecule has 0 saturated carbocycles. The first-order valence-electron chi connectivity index (χ1n) is 6.45. The fourth-order valence-electron chi connectivity index (χ4n) is 2.70. The molecule has 4 nitrogen and oxygen atoms in total. The van der Waals surface area contributed by atoms with Gasteiger partial charge in [-0.1, -0.05) is 12.1 Å². The van der Waals surface area contributed by atoms with Crippen LogP contribution < -0.4 is 0 Å². The standard InChI is InChI=1S/C14H14F3NO3/c1-2-18-11(19)7-10(13(20)21)12(18)8-4-3-5-9(6-8)14(15,16)17/h3-6,10,12H,2,7H2,1H3,(H,20,21). The van der Waals surface area contributed by atoms with Crippen LogP contribution in [0.3, 0.4) is 0 Å². The molecule has 1 aliphatic rings. The van der Waals surface area contributed by atoms with Gasteiger partial charge in [0.1, 0.15) is 0 Å². The van der Waals surface area contributed by atoms with Gasteiger partial charge in [-0.05, 0) is 24.6 Å². The Hall–Kier alpha value is -2.05. The van der Waals surface area contributed by atoms with Gasteiger partial charge in [0.05, 0.1) is 17.5 Å². The van der Waals surface area contributed by atoms with Crippen LogP contribution in [0, 0.1) is 5.92 Å². The minimum atomic E-state index is -4.51. The maximum absolute atomic E-state index is 12.8. The number of halogens is 3. The number of carboxylic acid groups (broad SMARTS) is 1. The molecule has 1 N–H and O–H groups in total.